The first kappa shape index (κ1) is 13.7. The van der Waals surface area contributed by atoms with Gasteiger partial charge in [0.1, 0.15) is 0 Å². The van der Waals surface area contributed by atoms with Crippen LogP contribution in [0.2, 0.25) is 0 Å². The molecule has 0 aliphatic heterocycles. The predicted molar refractivity (Wildman–Crippen MR) is 66.5 cm³/mol. The lowest BCUT2D eigenvalue weighted by Crippen LogP contribution is -2.19. The Labute approximate surface area is 105 Å². The van der Waals surface area contributed by atoms with Crippen molar-refractivity contribution in [1.82, 2.24) is 5.32 Å². The summed E-state index contributed by atoms with van der Waals surface area (Å²) in [7, 11) is 1.39. The number of esters is 1. The number of rotatable bonds is 6. The summed E-state index contributed by atoms with van der Waals surface area (Å²) in [6.07, 6.45) is 0.329. The van der Waals surface area contributed by atoms with E-state index in [2.05, 4.69) is 16.1 Å². The van der Waals surface area contributed by atoms with Crippen LogP contribution in [0.15, 0.2) is 12.1 Å². The highest BCUT2D eigenvalue weighted by Crippen LogP contribution is 2.17. The number of nitrogens with one attached hydrogen (secondary N) is 1. The Balaban J connectivity index is 2.36. The molecule has 0 aromatic carbocycles. The molecule has 1 aromatic rings. The molecule has 5 heteroatoms. The molecule has 0 saturated heterocycles. The second kappa shape index (κ2) is 7.05. The van der Waals surface area contributed by atoms with Crippen LogP contribution in [0, 0.1) is 17.2 Å². The molecular formula is C12H16N2O2S. The van der Waals surface area contributed by atoms with Gasteiger partial charge in [-0.25, -0.2) is 0 Å². The first-order chi connectivity index (χ1) is 8.15. The summed E-state index contributed by atoms with van der Waals surface area (Å²) >= 11 is 1.59. The molecule has 4 nitrogen and oxygen atoms in total. The molecule has 0 bridgehead atoms. The topological polar surface area (TPSA) is 62.1 Å². The molecule has 0 fully saturated rings. The lowest BCUT2D eigenvalue weighted by molar-refractivity contribution is -0.139. The van der Waals surface area contributed by atoms with Gasteiger partial charge >= 0.3 is 5.97 Å². The molecule has 0 saturated carbocycles. The number of methoxy groups -OCH3 is 1. The van der Waals surface area contributed by atoms with Crippen molar-refractivity contribution in [2.45, 2.75) is 19.9 Å². The second-order valence-electron chi connectivity index (χ2n) is 3.78. The third kappa shape index (κ3) is 4.98. The van der Waals surface area contributed by atoms with E-state index in [1.165, 1.54) is 7.11 Å². The van der Waals surface area contributed by atoms with E-state index >= 15 is 0 Å². The number of carbonyl (C=O) groups is 1. The number of carbonyl (C=O) groups excluding carboxylic acids is 1. The fourth-order valence-corrected chi connectivity index (χ4v) is 2.26. The number of nitriles is 1. The minimum atomic E-state index is -0.218. The Hall–Kier alpha value is -1.38. The van der Waals surface area contributed by atoms with Crippen LogP contribution in [-0.4, -0.2) is 19.6 Å². The molecule has 92 valence electrons. The lowest BCUT2D eigenvalue weighted by Gasteiger charge is -2.03. The highest BCUT2D eigenvalue weighted by atomic mass is 32.1. The fraction of sp³-hybridized carbons (Fsp3) is 0.500. The predicted octanol–water partition coefficient (Wildman–Crippen LogP) is 1.71. The van der Waals surface area contributed by atoms with Crippen LogP contribution in [0.4, 0.5) is 0 Å². The van der Waals surface area contributed by atoms with Gasteiger partial charge in [-0.3, -0.25) is 4.79 Å². The number of nitrogens with zero attached hydrogens (tertiary/aromatic N) is 1. The summed E-state index contributed by atoms with van der Waals surface area (Å²) < 4.78 is 4.61. The third-order valence-electron chi connectivity index (χ3n) is 2.23. The molecule has 1 rings (SSSR count). The Morgan fingerprint density at radius 1 is 1.59 bits per heavy atom. The molecule has 1 aromatic heterocycles. The minimum Gasteiger partial charge on any atom is -0.469 e. The zero-order valence-electron chi connectivity index (χ0n) is 10.0. The Morgan fingerprint density at radius 2 is 2.29 bits per heavy atom. The van der Waals surface area contributed by atoms with Crippen molar-refractivity contribution in [3.05, 3.63) is 21.9 Å². The van der Waals surface area contributed by atoms with E-state index in [4.69, 9.17) is 5.26 Å². The maximum absolute atomic E-state index is 11.1. The quantitative estimate of drug-likeness (QED) is 0.783. The molecule has 1 heterocycles. The standard InChI is InChI=1S/C12H16N2O2S/c1-9(6-13)7-14-8-11-4-3-10(17-11)5-12(15)16-2/h3-4,9,14H,5,7-8H2,1-2H3. The van der Waals surface area contributed by atoms with Gasteiger partial charge in [0.05, 0.1) is 25.5 Å². The van der Waals surface area contributed by atoms with Crippen LogP contribution in [0.1, 0.15) is 16.7 Å². The molecule has 0 spiro atoms. The summed E-state index contributed by atoms with van der Waals surface area (Å²) in [6, 6.07) is 6.10. The van der Waals surface area contributed by atoms with Gasteiger partial charge in [-0.05, 0) is 19.1 Å². The maximum atomic E-state index is 11.1. The molecule has 0 aliphatic carbocycles. The fourth-order valence-electron chi connectivity index (χ4n) is 1.28. The van der Waals surface area contributed by atoms with E-state index in [9.17, 15) is 4.79 Å². The van der Waals surface area contributed by atoms with E-state index < -0.39 is 0 Å². The summed E-state index contributed by atoms with van der Waals surface area (Å²) in [5.41, 5.74) is 0. The summed E-state index contributed by atoms with van der Waals surface area (Å²) in [5.74, 6) is -0.200. The van der Waals surface area contributed by atoms with Crippen molar-refractivity contribution < 1.29 is 9.53 Å². The zero-order chi connectivity index (χ0) is 12.7. The summed E-state index contributed by atoms with van der Waals surface area (Å²) in [5, 5.41) is 11.8. The average Bonchev–Trinajstić information content (AvgIpc) is 2.76. The van der Waals surface area contributed by atoms with E-state index in [1.54, 1.807) is 11.3 Å². The van der Waals surface area contributed by atoms with E-state index in [1.807, 2.05) is 19.1 Å². The minimum absolute atomic E-state index is 0.0181. The van der Waals surface area contributed by atoms with Crippen molar-refractivity contribution in [2.24, 2.45) is 5.92 Å². The average molecular weight is 252 g/mol. The van der Waals surface area contributed by atoms with Crippen molar-refractivity contribution in [3.63, 3.8) is 0 Å². The SMILES string of the molecule is COC(=O)Cc1ccc(CNCC(C)C#N)s1. The van der Waals surface area contributed by atoms with Crippen LogP contribution in [0.3, 0.4) is 0 Å². The second-order valence-corrected chi connectivity index (χ2v) is 5.03. The van der Waals surface area contributed by atoms with Crippen molar-refractivity contribution in [2.75, 3.05) is 13.7 Å². The zero-order valence-corrected chi connectivity index (χ0v) is 10.8. The third-order valence-corrected chi connectivity index (χ3v) is 3.32. The Morgan fingerprint density at radius 3 is 2.94 bits per heavy atom. The van der Waals surface area contributed by atoms with Gasteiger partial charge in [-0.15, -0.1) is 11.3 Å². The lowest BCUT2D eigenvalue weighted by atomic mass is 10.2. The molecule has 1 atom stereocenters. The molecule has 0 aliphatic rings. The number of thiophene rings is 1. The molecule has 1 N–H and O–H groups in total. The number of hydrogen-bond donors (Lipinski definition) is 1. The van der Waals surface area contributed by atoms with Crippen molar-refractivity contribution >= 4 is 17.3 Å². The summed E-state index contributed by atoms with van der Waals surface area (Å²) in [6.45, 7) is 3.29. The van der Waals surface area contributed by atoms with E-state index in [-0.39, 0.29) is 11.9 Å². The van der Waals surface area contributed by atoms with Crippen LogP contribution in [0.25, 0.3) is 0 Å². The highest BCUT2D eigenvalue weighted by molar-refractivity contribution is 7.12. The Kier molecular flexibility index (Phi) is 5.67. The van der Waals surface area contributed by atoms with Crippen LogP contribution in [0.5, 0.6) is 0 Å². The van der Waals surface area contributed by atoms with E-state index in [0.29, 0.717) is 13.0 Å². The smallest absolute Gasteiger partial charge is 0.310 e. The molecule has 0 amide bonds. The number of ether oxygens (including phenoxy) is 1. The van der Waals surface area contributed by atoms with Gasteiger partial charge in [0.2, 0.25) is 0 Å². The first-order valence-corrected chi connectivity index (χ1v) is 6.22. The van der Waals surface area contributed by atoms with Gasteiger partial charge in [0.25, 0.3) is 0 Å². The van der Waals surface area contributed by atoms with E-state index in [0.717, 1.165) is 16.3 Å². The molecule has 0 radical (unpaired) electrons. The van der Waals surface area contributed by atoms with Gasteiger partial charge in [-0.1, -0.05) is 0 Å². The van der Waals surface area contributed by atoms with Gasteiger partial charge < -0.3 is 10.1 Å². The van der Waals surface area contributed by atoms with Crippen molar-refractivity contribution in [3.8, 4) is 6.07 Å². The van der Waals surface area contributed by atoms with Gasteiger partial charge in [-0.2, -0.15) is 5.26 Å². The normalized spacial score (nSPS) is 11.8. The van der Waals surface area contributed by atoms with Crippen LogP contribution >= 0.6 is 11.3 Å². The summed E-state index contributed by atoms with van der Waals surface area (Å²) in [4.78, 5) is 13.2. The molecular weight excluding hydrogens is 236 g/mol. The highest BCUT2D eigenvalue weighted by Gasteiger charge is 2.06. The van der Waals surface area contributed by atoms with Crippen LogP contribution in [-0.2, 0) is 22.5 Å². The number of hydrogen-bond acceptors (Lipinski definition) is 5. The molecule has 17 heavy (non-hydrogen) atoms. The van der Waals surface area contributed by atoms with Gasteiger partial charge in [0.15, 0.2) is 0 Å². The monoisotopic (exact) mass is 252 g/mol. The van der Waals surface area contributed by atoms with Gasteiger partial charge in [0, 0.05) is 22.8 Å². The van der Waals surface area contributed by atoms with Crippen LogP contribution < -0.4 is 5.32 Å². The maximum Gasteiger partial charge on any atom is 0.310 e. The first-order valence-electron chi connectivity index (χ1n) is 5.40. The largest absolute Gasteiger partial charge is 0.469 e. The Bertz CT molecular complexity index is 409. The molecule has 1 unspecified atom stereocenters. The van der Waals surface area contributed by atoms with Crippen molar-refractivity contribution in [1.29, 1.82) is 5.26 Å².